The van der Waals surface area contributed by atoms with Gasteiger partial charge in [-0.2, -0.15) is 0 Å². The zero-order valence-electron chi connectivity index (χ0n) is 8.06. The highest BCUT2D eigenvalue weighted by atomic mass is 35.5. The van der Waals surface area contributed by atoms with Crippen molar-refractivity contribution in [3.8, 4) is 0 Å². The number of halogens is 2. The Labute approximate surface area is 88.4 Å². The van der Waals surface area contributed by atoms with Crippen LogP contribution in [-0.4, -0.2) is 5.38 Å². The molecule has 1 aliphatic rings. The third-order valence-electron chi connectivity index (χ3n) is 2.62. The zero-order chi connectivity index (χ0) is 10.1. The van der Waals surface area contributed by atoms with E-state index in [0.29, 0.717) is 0 Å². The second-order valence-corrected chi connectivity index (χ2v) is 4.27. The molecule has 2 rings (SSSR count). The Morgan fingerprint density at radius 3 is 2.86 bits per heavy atom. The molecule has 0 amide bonds. The second kappa shape index (κ2) is 3.74. The lowest BCUT2D eigenvalue weighted by atomic mass is 10.0. The molecule has 0 nitrogen and oxygen atoms in total. The summed E-state index contributed by atoms with van der Waals surface area (Å²) in [6.07, 6.45) is 3.95. The van der Waals surface area contributed by atoms with Crippen LogP contribution in [0.3, 0.4) is 0 Å². The van der Waals surface area contributed by atoms with Crippen molar-refractivity contribution in [1.29, 1.82) is 0 Å². The molecule has 0 aliphatic heterocycles. The van der Waals surface area contributed by atoms with Gasteiger partial charge in [0.25, 0.3) is 0 Å². The zero-order valence-corrected chi connectivity index (χ0v) is 8.81. The van der Waals surface area contributed by atoms with E-state index in [4.69, 9.17) is 11.6 Å². The van der Waals surface area contributed by atoms with Gasteiger partial charge in [0, 0.05) is 0 Å². The molecule has 14 heavy (non-hydrogen) atoms. The predicted octanol–water partition coefficient (Wildman–Crippen LogP) is 3.92. The van der Waals surface area contributed by atoms with Crippen molar-refractivity contribution in [1.82, 2.24) is 0 Å². The molecule has 0 spiro atoms. The van der Waals surface area contributed by atoms with E-state index < -0.39 is 0 Å². The first kappa shape index (κ1) is 9.72. The lowest BCUT2D eigenvalue weighted by Crippen LogP contribution is -1.88. The molecular weight excluding hydrogens is 199 g/mol. The molecule has 1 aromatic rings. The van der Waals surface area contributed by atoms with Crippen LogP contribution < -0.4 is 0 Å². The molecule has 1 aromatic carbocycles. The molecule has 0 saturated heterocycles. The summed E-state index contributed by atoms with van der Waals surface area (Å²) < 4.78 is 13.0. The summed E-state index contributed by atoms with van der Waals surface area (Å²) in [4.78, 5) is 0. The largest absolute Gasteiger partial charge is 0.207 e. The van der Waals surface area contributed by atoms with Gasteiger partial charge in [-0.05, 0) is 48.6 Å². The molecule has 0 N–H and O–H groups in total. The van der Waals surface area contributed by atoms with E-state index in [1.54, 1.807) is 6.07 Å². The van der Waals surface area contributed by atoms with Crippen LogP contribution in [0.25, 0.3) is 5.57 Å². The normalized spacial score (nSPS) is 21.1. The van der Waals surface area contributed by atoms with Gasteiger partial charge in [0.2, 0.25) is 0 Å². The van der Waals surface area contributed by atoms with E-state index >= 15 is 0 Å². The third kappa shape index (κ3) is 1.83. The standard InChI is InChI=1S/C12H12ClF/c1-8-2-5-11(14)7-12(8)9-3-4-10(13)6-9/h2,5-7,10H,3-4H2,1H3. The van der Waals surface area contributed by atoms with Crippen LogP contribution in [0.1, 0.15) is 24.0 Å². The van der Waals surface area contributed by atoms with Gasteiger partial charge in [-0.1, -0.05) is 12.1 Å². The van der Waals surface area contributed by atoms with E-state index in [-0.39, 0.29) is 11.2 Å². The van der Waals surface area contributed by atoms with Crippen molar-refractivity contribution >= 4 is 17.2 Å². The monoisotopic (exact) mass is 210 g/mol. The number of benzene rings is 1. The quantitative estimate of drug-likeness (QED) is 0.617. The molecule has 0 aromatic heterocycles. The van der Waals surface area contributed by atoms with Crippen LogP contribution in [0.5, 0.6) is 0 Å². The number of alkyl halides is 1. The number of hydrogen-bond donors (Lipinski definition) is 0. The number of allylic oxidation sites excluding steroid dienone is 2. The molecule has 1 unspecified atom stereocenters. The van der Waals surface area contributed by atoms with E-state index in [2.05, 4.69) is 0 Å². The topological polar surface area (TPSA) is 0 Å². The molecule has 0 heterocycles. The first-order chi connectivity index (χ1) is 6.66. The SMILES string of the molecule is Cc1ccc(F)cc1C1=CC(Cl)CC1. The summed E-state index contributed by atoms with van der Waals surface area (Å²) in [6.45, 7) is 2.00. The highest BCUT2D eigenvalue weighted by Gasteiger charge is 2.16. The van der Waals surface area contributed by atoms with Gasteiger partial charge < -0.3 is 0 Å². The van der Waals surface area contributed by atoms with Crippen molar-refractivity contribution in [2.75, 3.05) is 0 Å². The van der Waals surface area contributed by atoms with Crippen LogP contribution in [0.15, 0.2) is 24.3 Å². The predicted molar refractivity (Wildman–Crippen MR) is 58.0 cm³/mol. The molecule has 0 saturated carbocycles. The van der Waals surface area contributed by atoms with Gasteiger partial charge in [-0.3, -0.25) is 0 Å². The smallest absolute Gasteiger partial charge is 0.123 e. The average molecular weight is 211 g/mol. The summed E-state index contributed by atoms with van der Waals surface area (Å²) in [6, 6.07) is 4.90. The Balaban J connectivity index is 2.41. The van der Waals surface area contributed by atoms with E-state index in [9.17, 15) is 4.39 Å². The van der Waals surface area contributed by atoms with Crippen LogP contribution in [0.2, 0.25) is 0 Å². The molecular formula is C12H12ClF. The van der Waals surface area contributed by atoms with Crippen LogP contribution in [-0.2, 0) is 0 Å². The fourth-order valence-corrected chi connectivity index (χ4v) is 2.10. The van der Waals surface area contributed by atoms with Crippen molar-refractivity contribution < 1.29 is 4.39 Å². The third-order valence-corrected chi connectivity index (χ3v) is 2.96. The maximum atomic E-state index is 13.0. The van der Waals surface area contributed by atoms with Crippen molar-refractivity contribution in [2.24, 2.45) is 0 Å². The van der Waals surface area contributed by atoms with Crippen LogP contribution >= 0.6 is 11.6 Å². The van der Waals surface area contributed by atoms with Gasteiger partial charge in [-0.15, -0.1) is 11.6 Å². The highest BCUT2D eigenvalue weighted by Crippen LogP contribution is 2.32. The van der Waals surface area contributed by atoms with Crippen LogP contribution in [0, 0.1) is 12.7 Å². The Morgan fingerprint density at radius 1 is 1.43 bits per heavy atom. The number of hydrogen-bond acceptors (Lipinski definition) is 0. The van der Waals surface area contributed by atoms with E-state index in [1.165, 1.54) is 11.6 Å². The summed E-state index contributed by atoms with van der Waals surface area (Å²) in [7, 11) is 0. The minimum absolute atomic E-state index is 0.118. The molecule has 1 atom stereocenters. The molecule has 2 heteroatoms. The first-order valence-corrected chi connectivity index (χ1v) is 5.22. The summed E-state index contributed by atoms with van der Waals surface area (Å²) in [5, 5.41) is 0.118. The maximum absolute atomic E-state index is 13.0. The lowest BCUT2D eigenvalue weighted by Gasteiger charge is -2.06. The molecule has 0 fully saturated rings. The minimum Gasteiger partial charge on any atom is -0.207 e. The molecule has 0 bridgehead atoms. The van der Waals surface area contributed by atoms with Crippen molar-refractivity contribution in [3.05, 3.63) is 41.2 Å². The Morgan fingerprint density at radius 2 is 2.21 bits per heavy atom. The van der Waals surface area contributed by atoms with Gasteiger partial charge in [-0.25, -0.2) is 4.39 Å². The Bertz CT molecular complexity index is 382. The summed E-state index contributed by atoms with van der Waals surface area (Å²) in [5.74, 6) is -0.176. The molecule has 1 aliphatic carbocycles. The van der Waals surface area contributed by atoms with Crippen molar-refractivity contribution in [3.63, 3.8) is 0 Å². The fraction of sp³-hybridized carbons (Fsp3) is 0.333. The second-order valence-electron chi connectivity index (χ2n) is 3.71. The van der Waals surface area contributed by atoms with E-state index in [1.807, 2.05) is 19.1 Å². The number of aryl methyl sites for hydroxylation is 1. The minimum atomic E-state index is -0.176. The molecule has 0 radical (unpaired) electrons. The first-order valence-electron chi connectivity index (χ1n) is 4.78. The highest BCUT2D eigenvalue weighted by molar-refractivity contribution is 6.22. The Kier molecular flexibility index (Phi) is 2.60. The lowest BCUT2D eigenvalue weighted by molar-refractivity contribution is 0.627. The van der Waals surface area contributed by atoms with Gasteiger partial charge >= 0.3 is 0 Å². The summed E-state index contributed by atoms with van der Waals surface area (Å²) in [5.41, 5.74) is 3.30. The van der Waals surface area contributed by atoms with E-state index in [0.717, 1.165) is 24.0 Å². The fourth-order valence-electron chi connectivity index (χ4n) is 1.84. The average Bonchev–Trinajstić information content (AvgIpc) is 2.56. The summed E-state index contributed by atoms with van der Waals surface area (Å²) >= 11 is 5.98. The number of rotatable bonds is 1. The maximum Gasteiger partial charge on any atom is 0.123 e. The molecule has 74 valence electrons. The van der Waals surface area contributed by atoms with Gasteiger partial charge in [0.15, 0.2) is 0 Å². The van der Waals surface area contributed by atoms with Gasteiger partial charge in [0.1, 0.15) is 5.82 Å². The van der Waals surface area contributed by atoms with Gasteiger partial charge in [0.05, 0.1) is 5.38 Å². The van der Waals surface area contributed by atoms with Crippen LogP contribution in [0.4, 0.5) is 4.39 Å². The Hall–Kier alpha value is -0.820. The van der Waals surface area contributed by atoms with Crippen molar-refractivity contribution in [2.45, 2.75) is 25.1 Å².